The zero-order chi connectivity index (χ0) is 19.7. The fraction of sp³-hybridized carbons (Fsp3) is 0.250. The van der Waals surface area contributed by atoms with Gasteiger partial charge in [-0.1, -0.05) is 91.7 Å². The van der Waals surface area contributed by atoms with Gasteiger partial charge in [0.2, 0.25) is 10.0 Å². The maximum atomic E-state index is 12.2. The second-order valence-electron chi connectivity index (χ2n) is 6.93. The van der Waals surface area contributed by atoms with Gasteiger partial charge in [-0.2, -0.15) is 0 Å². The molecule has 0 saturated carbocycles. The van der Waals surface area contributed by atoms with Crippen LogP contribution in [-0.2, 0) is 10.0 Å². The summed E-state index contributed by atoms with van der Waals surface area (Å²) in [6.45, 7) is 0.471. The maximum Gasteiger partial charge on any atom is 0.240 e. The van der Waals surface area contributed by atoms with Crippen molar-refractivity contribution in [2.75, 3.05) is 6.54 Å². The Morgan fingerprint density at radius 3 is 1.68 bits per heavy atom. The second kappa shape index (κ2) is 10.2. The first-order chi connectivity index (χ1) is 13.7. The minimum absolute atomic E-state index is 0.322. The number of rotatable bonds is 10. The van der Waals surface area contributed by atoms with Crippen molar-refractivity contribution < 1.29 is 8.42 Å². The van der Waals surface area contributed by atoms with Crippen molar-refractivity contribution in [1.82, 2.24) is 4.72 Å². The zero-order valence-electron chi connectivity index (χ0n) is 16.0. The van der Waals surface area contributed by atoms with Crippen LogP contribution in [0.1, 0.15) is 42.7 Å². The van der Waals surface area contributed by atoms with Crippen molar-refractivity contribution in [1.29, 1.82) is 0 Å². The summed E-state index contributed by atoms with van der Waals surface area (Å²) in [6, 6.07) is 29.7. The van der Waals surface area contributed by atoms with Gasteiger partial charge in [-0.25, -0.2) is 13.1 Å². The monoisotopic (exact) mass is 393 g/mol. The van der Waals surface area contributed by atoms with Crippen molar-refractivity contribution in [2.24, 2.45) is 0 Å². The molecule has 3 aromatic rings. The van der Waals surface area contributed by atoms with E-state index in [9.17, 15) is 8.42 Å². The van der Waals surface area contributed by atoms with Gasteiger partial charge in [-0.3, -0.25) is 0 Å². The molecule has 0 aliphatic carbocycles. The van der Waals surface area contributed by atoms with Crippen LogP contribution in [0.15, 0.2) is 95.9 Å². The van der Waals surface area contributed by atoms with Crippen LogP contribution in [0, 0.1) is 0 Å². The molecule has 0 atom stereocenters. The van der Waals surface area contributed by atoms with Gasteiger partial charge in [0.1, 0.15) is 0 Å². The molecule has 0 amide bonds. The lowest BCUT2D eigenvalue weighted by molar-refractivity contribution is 0.566. The first kappa shape index (κ1) is 20.3. The summed E-state index contributed by atoms with van der Waals surface area (Å²) in [6.07, 6.45) is 3.94. The van der Waals surface area contributed by atoms with Gasteiger partial charge < -0.3 is 0 Å². The minimum Gasteiger partial charge on any atom is -0.211 e. The Hall–Kier alpha value is -2.43. The molecule has 3 nitrogen and oxygen atoms in total. The lowest BCUT2D eigenvalue weighted by Crippen LogP contribution is -2.24. The molecule has 28 heavy (non-hydrogen) atoms. The molecular weight excluding hydrogens is 366 g/mol. The smallest absolute Gasteiger partial charge is 0.211 e. The molecule has 0 saturated heterocycles. The number of sulfonamides is 1. The number of nitrogens with one attached hydrogen (secondary N) is 1. The highest BCUT2D eigenvalue weighted by Gasteiger charge is 2.14. The Morgan fingerprint density at radius 2 is 1.14 bits per heavy atom. The number of hydrogen-bond acceptors (Lipinski definition) is 2. The summed E-state index contributed by atoms with van der Waals surface area (Å²) in [5.74, 6) is 0.378. The van der Waals surface area contributed by atoms with Crippen molar-refractivity contribution in [3.63, 3.8) is 0 Å². The van der Waals surface area contributed by atoms with Crippen molar-refractivity contribution >= 4 is 10.0 Å². The van der Waals surface area contributed by atoms with E-state index in [1.54, 1.807) is 24.3 Å². The van der Waals surface area contributed by atoms with Gasteiger partial charge in [-0.05, 0) is 36.1 Å². The molecule has 3 rings (SSSR count). The topological polar surface area (TPSA) is 46.2 Å². The lowest BCUT2D eigenvalue weighted by Gasteiger charge is -2.18. The maximum absolute atomic E-state index is 12.2. The fourth-order valence-corrected chi connectivity index (χ4v) is 4.53. The molecular formula is C24H27NO2S. The van der Waals surface area contributed by atoms with E-state index < -0.39 is 10.0 Å². The highest BCUT2D eigenvalue weighted by Crippen LogP contribution is 2.29. The van der Waals surface area contributed by atoms with Crippen molar-refractivity contribution in [2.45, 2.75) is 36.5 Å². The van der Waals surface area contributed by atoms with Crippen LogP contribution in [0.5, 0.6) is 0 Å². The molecule has 1 N–H and O–H groups in total. The SMILES string of the molecule is O=S(=O)(NCCCCCC(c1ccccc1)c1ccccc1)c1ccccc1. The Morgan fingerprint density at radius 1 is 0.643 bits per heavy atom. The normalized spacial score (nSPS) is 11.6. The van der Waals surface area contributed by atoms with E-state index in [0.29, 0.717) is 17.4 Å². The first-order valence-corrected chi connectivity index (χ1v) is 11.3. The third-order valence-corrected chi connectivity index (χ3v) is 6.40. The minimum atomic E-state index is -3.40. The second-order valence-corrected chi connectivity index (χ2v) is 8.70. The average Bonchev–Trinajstić information content (AvgIpc) is 2.75. The zero-order valence-corrected chi connectivity index (χ0v) is 16.8. The Bertz CT molecular complexity index is 887. The Kier molecular flexibility index (Phi) is 7.40. The Balaban J connectivity index is 1.49. The highest BCUT2D eigenvalue weighted by atomic mass is 32.2. The molecule has 0 aliphatic heterocycles. The van der Waals surface area contributed by atoms with E-state index in [1.165, 1.54) is 11.1 Å². The van der Waals surface area contributed by atoms with E-state index >= 15 is 0 Å². The molecule has 0 aromatic heterocycles. The van der Waals surface area contributed by atoms with Crippen molar-refractivity contribution in [3.8, 4) is 0 Å². The third-order valence-electron chi connectivity index (χ3n) is 4.92. The molecule has 4 heteroatoms. The average molecular weight is 394 g/mol. The van der Waals surface area contributed by atoms with Crippen LogP contribution in [0.3, 0.4) is 0 Å². The molecule has 0 bridgehead atoms. The van der Waals surface area contributed by atoms with E-state index in [2.05, 4.69) is 53.3 Å². The number of unbranched alkanes of at least 4 members (excludes halogenated alkanes) is 2. The van der Waals surface area contributed by atoms with Gasteiger partial charge in [0.05, 0.1) is 4.90 Å². The van der Waals surface area contributed by atoms with Crippen LogP contribution < -0.4 is 4.72 Å². The first-order valence-electron chi connectivity index (χ1n) is 9.81. The molecule has 146 valence electrons. The van der Waals surface area contributed by atoms with Crippen LogP contribution in [-0.4, -0.2) is 15.0 Å². The van der Waals surface area contributed by atoms with Gasteiger partial charge in [-0.15, -0.1) is 0 Å². The molecule has 0 heterocycles. The van der Waals surface area contributed by atoms with Crippen molar-refractivity contribution in [3.05, 3.63) is 102 Å². The number of benzene rings is 3. The quantitative estimate of drug-likeness (QED) is 0.472. The summed E-state index contributed by atoms with van der Waals surface area (Å²) in [4.78, 5) is 0.322. The summed E-state index contributed by atoms with van der Waals surface area (Å²) in [5.41, 5.74) is 2.66. The molecule has 0 radical (unpaired) electrons. The predicted molar refractivity (Wildman–Crippen MR) is 115 cm³/mol. The van der Waals surface area contributed by atoms with Gasteiger partial charge >= 0.3 is 0 Å². The summed E-state index contributed by atoms with van der Waals surface area (Å²) in [5, 5.41) is 0. The van der Waals surface area contributed by atoms with Crippen LogP contribution in [0.2, 0.25) is 0 Å². The standard InChI is InChI=1S/C24H27NO2S/c26-28(27,23-17-9-3-10-18-23)25-20-12-4-11-19-24(21-13-5-1-6-14-21)22-15-7-2-8-16-22/h1-3,5-10,13-18,24-25H,4,11-12,19-20H2. The molecule has 0 fully saturated rings. The van der Waals surface area contributed by atoms with E-state index in [4.69, 9.17) is 0 Å². The van der Waals surface area contributed by atoms with E-state index in [-0.39, 0.29) is 0 Å². The van der Waals surface area contributed by atoms with Crippen LogP contribution >= 0.6 is 0 Å². The lowest BCUT2D eigenvalue weighted by atomic mass is 9.87. The molecule has 0 aliphatic rings. The van der Waals surface area contributed by atoms with E-state index in [0.717, 1.165) is 25.7 Å². The van der Waals surface area contributed by atoms with Crippen LogP contribution in [0.4, 0.5) is 0 Å². The van der Waals surface area contributed by atoms with Gasteiger partial charge in [0.25, 0.3) is 0 Å². The van der Waals surface area contributed by atoms with E-state index in [1.807, 2.05) is 18.2 Å². The summed E-state index contributed by atoms with van der Waals surface area (Å²) >= 11 is 0. The fourth-order valence-electron chi connectivity index (χ4n) is 3.44. The highest BCUT2D eigenvalue weighted by molar-refractivity contribution is 7.89. The van der Waals surface area contributed by atoms with Gasteiger partial charge in [0.15, 0.2) is 0 Å². The number of hydrogen-bond donors (Lipinski definition) is 1. The Labute approximate surface area is 168 Å². The van der Waals surface area contributed by atoms with Gasteiger partial charge in [0, 0.05) is 12.5 Å². The predicted octanol–water partition coefficient (Wildman–Crippen LogP) is 5.36. The molecule has 3 aromatic carbocycles. The summed E-state index contributed by atoms with van der Waals surface area (Å²) in [7, 11) is -3.40. The molecule has 0 spiro atoms. The third kappa shape index (κ3) is 5.78. The molecule has 0 unspecified atom stereocenters. The summed E-state index contributed by atoms with van der Waals surface area (Å²) < 4.78 is 27.2. The van der Waals surface area contributed by atoms with Crippen LogP contribution in [0.25, 0.3) is 0 Å². The largest absolute Gasteiger partial charge is 0.240 e.